The molecule has 1 aromatic heterocycles. The first kappa shape index (κ1) is 13.0. The van der Waals surface area contributed by atoms with E-state index in [0.29, 0.717) is 11.4 Å². The maximum Gasteiger partial charge on any atom is 0.271 e. The first-order valence-electron chi connectivity index (χ1n) is 5.27. The normalized spacial score (nSPS) is 9.89. The number of thiophene rings is 1. The molecule has 1 N–H and O–H groups in total. The van der Waals surface area contributed by atoms with Gasteiger partial charge in [-0.25, -0.2) is 4.39 Å². The zero-order valence-electron chi connectivity index (χ0n) is 9.59. The summed E-state index contributed by atoms with van der Waals surface area (Å²) in [6, 6.07) is 8.74. The molecule has 96 valence electrons. The van der Waals surface area contributed by atoms with Crippen molar-refractivity contribution in [3.63, 3.8) is 0 Å². The molecular formula is C12H8FN3O2S. The largest absolute Gasteiger partial charge is 0.378 e. The molecule has 0 spiro atoms. The van der Waals surface area contributed by atoms with Crippen LogP contribution in [0.15, 0.2) is 30.3 Å². The van der Waals surface area contributed by atoms with E-state index in [1.54, 1.807) is 12.1 Å². The minimum Gasteiger partial charge on any atom is -0.378 e. The van der Waals surface area contributed by atoms with Gasteiger partial charge >= 0.3 is 0 Å². The van der Waals surface area contributed by atoms with Crippen molar-refractivity contribution >= 4 is 22.7 Å². The highest BCUT2D eigenvalue weighted by atomic mass is 32.1. The molecule has 19 heavy (non-hydrogen) atoms. The van der Waals surface area contributed by atoms with E-state index in [1.165, 1.54) is 11.3 Å². The number of non-ortho nitro benzene ring substituents is 1. The molecule has 1 aromatic carbocycles. The van der Waals surface area contributed by atoms with Crippen molar-refractivity contribution < 1.29 is 9.31 Å². The summed E-state index contributed by atoms with van der Waals surface area (Å²) in [5.74, 6) is -0.553. The van der Waals surface area contributed by atoms with E-state index in [9.17, 15) is 14.5 Å². The van der Waals surface area contributed by atoms with Gasteiger partial charge in [0.05, 0.1) is 10.6 Å². The Balaban J connectivity index is 2.12. The van der Waals surface area contributed by atoms with Crippen LogP contribution >= 0.6 is 11.3 Å². The maximum atomic E-state index is 13.5. The van der Waals surface area contributed by atoms with Crippen molar-refractivity contribution in [2.75, 3.05) is 5.32 Å². The van der Waals surface area contributed by atoms with Gasteiger partial charge in [-0.2, -0.15) is 5.26 Å². The van der Waals surface area contributed by atoms with Crippen molar-refractivity contribution in [2.45, 2.75) is 6.54 Å². The van der Waals surface area contributed by atoms with Crippen LogP contribution in [0.2, 0.25) is 0 Å². The molecule has 0 bridgehead atoms. The minimum absolute atomic E-state index is 0.0705. The van der Waals surface area contributed by atoms with Gasteiger partial charge in [0.2, 0.25) is 0 Å². The summed E-state index contributed by atoms with van der Waals surface area (Å²) in [5.41, 5.74) is -0.103. The molecular weight excluding hydrogens is 269 g/mol. The van der Waals surface area contributed by atoms with Crippen LogP contribution < -0.4 is 5.32 Å². The maximum absolute atomic E-state index is 13.5. The lowest BCUT2D eigenvalue weighted by atomic mass is 10.2. The summed E-state index contributed by atoms with van der Waals surface area (Å²) in [7, 11) is 0. The van der Waals surface area contributed by atoms with E-state index in [0.717, 1.165) is 23.1 Å². The lowest BCUT2D eigenvalue weighted by Gasteiger charge is -2.05. The quantitative estimate of drug-likeness (QED) is 0.687. The summed E-state index contributed by atoms with van der Waals surface area (Å²) in [6.07, 6.45) is 0. The fourth-order valence-electron chi connectivity index (χ4n) is 1.48. The fourth-order valence-corrected chi connectivity index (χ4v) is 2.22. The Morgan fingerprint density at radius 1 is 1.42 bits per heavy atom. The molecule has 0 aliphatic heterocycles. The molecule has 0 aliphatic carbocycles. The number of rotatable bonds is 4. The van der Waals surface area contributed by atoms with Gasteiger partial charge in [0.15, 0.2) is 0 Å². The number of anilines is 1. The van der Waals surface area contributed by atoms with Crippen molar-refractivity contribution in [1.82, 2.24) is 0 Å². The van der Waals surface area contributed by atoms with Gasteiger partial charge in [-0.15, -0.1) is 11.3 Å². The lowest BCUT2D eigenvalue weighted by molar-refractivity contribution is -0.384. The third-order valence-electron chi connectivity index (χ3n) is 2.39. The van der Waals surface area contributed by atoms with Crippen LogP contribution in [0.25, 0.3) is 0 Å². The first-order chi connectivity index (χ1) is 9.10. The van der Waals surface area contributed by atoms with Crippen molar-refractivity contribution in [3.05, 3.63) is 56.0 Å². The molecule has 2 rings (SSSR count). The Morgan fingerprint density at radius 2 is 2.21 bits per heavy atom. The first-order valence-corrected chi connectivity index (χ1v) is 6.08. The monoisotopic (exact) mass is 277 g/mol. The van der Waals surface area contributed by atoms with Gasteiger partial charge in [0.1, 0.15) is 16.8 Å². The molecule has 0 amide bonds. The van der Waals surface area contributed by atoms with E-state index in [4.69, 9.17) is 5.26 Å². The highest BCUT2D eigenvalue weighted by Gasteiger charge is 2.10. The van der Waals surface area contributed by atoms with Gasteiger partial charge in [-0.1, -0.05) is 0 Å². The average molecular weight is 277 g/mol. The van der Waals surface area contributed by atoms with E-state index in [-0.39, 0.29) is 11.4 Å². The highest BCUT2D eigenvalue weighted by molar-refractivity contribution is 7.12. The Kier molecular flexibility index (Phi) is 3.73. The number of hydrogen-bond donors (Lipinski definition) is 1. The van der Waals surface area contributed by atoms with E-state index >= 15 is 0 Å². The summed E-state index contributed by atoms with van der Waals surface area (Å²) < 4.78 is 13.5. The molecule has 0 aliphatic rings. The van der Waals surface area contributed by atoms with Crippen molar-refractivity contribution in [2.24, 2.45) is 0 Å². The van der Waals surface area contributed by atoms with Gasteiger partial charge in [-0.3, -0.25) is 10.1 Å². The summed E-state index contributed by atoms with van der Waals surface area (Å²) >= 11 is 1.29. The van der Waals surface area contributed by atoms with Crippen LogP contribution in [0.4, 0.5) is 15.8 Å². The van der Waals surface area contributed by atoms with Gasteiger partial charge < -0.3 is 5.32 Å². The number of benzene rings is 1. The zero-order valence-corrected chi connectivity index (χ0v) is 10.4. The molecule has 0 saturated carbocycles. The molecule has 1 heterocycles. The number of nitro benzene ring substituents is 1. The molecule has 0 radical (unpaired) electrons. The number of nitro groups is 1. The lowest BCUT2D eigenvalue weighted by Crippen LogP contribution is -2.01. The van der Waals surface area contributed by atoms with Crippen LogP contribution in [-0.4, -0.2) is 4.92 Å². The molecule has 2 aromatic rings. The number of hydrogen-bond acceptors (Lipinski definition) is 5. The Morgan fingerprint density at radius 3 is 2.84 bits per heavy atom. The van der Waals surface area contributed by atoms with Crippen LogP contribution in [0.3, 0.4) is 0 Å². The van der Waals surface area contributed by atoms with Crippen LogP contribution in [0.1, 0.15) is 9.75 Å². The Hall–Kier alpha value is -2.46. The standard InChI is InChI=1S/C12H8FN3O2S/c13-11-4-1-8(16(17)18)5-12(11)15-7-10-3-2-9(6-14)19-10/h1-5,15H,7H2. The minimum atomic E-state index is -0.580. The van der Waals surface area contributed by atoms with Gasteiger partial charge in [0.25, 0.3) is 5.69 Å². The summed E-state index contributed by atoms with van der Waals surface area (Å²) in [5, 5.41) is 22.1. The third-order valence-corrected chi connectivity index (χ3v) is 3.38. The number of nitriles is 1. The zero-order chi connectivity index (χ0) is 13.8. The molecule has 5 nitrogen and oxygen atoms in total. The van der Waals surface area contributed by atoms with E-state index in [1.807, 2.05) is 6.07 Å². The average Bonchev–Trinajstić information content (AvgIpc) is 2.85. The van der Waals surface area contributed by atoms with Crippen molar-refractivity contribution in [1.29, 1.82) is 5.26 Å². The van der Waals surface area contributed by atoms with E-state index < -0.39 is 10.7 Å². The second-order valence-electron chi connectivity index (χ2n) is 3.65. The van der Waals surface area contributed by atoms with Gasteiger partial charge in [0, 0.05) is 23.6 Å². The van der Waals surface area contributed by atoms with E-state index in [2.05, 4.69) is 5.32 Å². The summed E-state index contributed by atoms with van der Waals surface area (Å²) in [4.78, 5) is 11.4. The highest BCUT2D eigenvalue weighted by Crippen LogP contribution is 2.23. The third kappa shape index (κ3) is 3.05. The predicted octanol–water partition coefficient (Wildman–Crippen LogP) is 3.28. The number of halogens is 1. The smallest absolute Gasteiger partial charge is 0.271 e. The number of nitrogens with zero attached hydrogens (tertiary/aromatic N) is 2. The topological polar surface area (TPSA) is 79.0 Å². The molecule has 0 fully saturated rings. The SMILES string of the molecule is N#Cc1ccc(CNc2cc([N+](=O)[O-])ccc2F)s1. The second-order valence-corrected chi connectivity index (χ2v) is 4.82. The number of nitrogens with one attached hydrogen (secondary N) is 1. The molecule has 0 saturated heterocycles. The predicted molar refractivity (Wildman–Crippen MR) is 69.4 cm³/mol. The van der Waals surface area contributed by atoms with Crippen LogP contribution in [0.5, 0.6) is 0 Å². The van der Waals surface area contributed by atoms with Crippen LogP contribution in [0, 0.1) is 27.3 Å². The Labute approximate surface area is 112 Å². The van der Waals surface area contributed by atoms with Gasteiger partial charge in [-0.05, 0) is 18.2 Å². The Bertz CT molecular complexity index is 663. The summed E-state index contributed by atoms with van der Waals surface area (Å²) in [6.45, 7) is 0.310. The molecule has 0 atom stereocenters. The fraction of sp³-hybridized carbons (Fsp3) is 0.0833. The van der Waals surface area contributed by atoms with Crippen LogP contribution in [-0.2, 0) is 6.54 Å². The molecule has 0 unspecified atom stereocenters. The molecule has 7 heteroatoms. The second kappa shape index (κ2) is 5.46. The van der Waals surface area contributed by atoms with Crippen molar-refractivity contribution in [3.8, 4) is 6.07 Å².